The second-order valence-electron chi connectivity index (χ2n) is 7.80. The van der Waals surface area contributed by atoms with E-state index in [0.717, 1.165) is 40.2 Å². The van der Waals surface area contributed by atoms with Crippen molar-refractivity contribution in [2.75, 3.05) is 12.1 Å². The number of benzene rings is 2. The molecule has 1 amide bonds. The Morgan fingerprint density at radius 3 is 2.94 bits per heavy atom. The van der Waals surface area contributed by atoms with Gasteiger partial charge in [0, 0.05) is 11.4 Å². The monoisotopic (exact) mass is 444 g/mol. The Kier molecular flexibility index (Phi) is 4.65. The van der Waals surface area contributed by atoms with Crippen molar-refractivity contribution in [3.63, 3.8) is 0 Å². The average Bonchev–Trinajstić information content (AvgIpc) is 3.53. The molecule has 2 aromatic carbocycles. The van der Waals surface area contributed by atoms with Gasteiger partial charge in [-0.3, -0.25) is 4.79 Å². The van der Waals surface area contributed by atoms with Crippen molar-refractivity contribution in [1.29, 1.82) is 0 Å². The molecule has 0 radical (unpaired) electrons. The van der Waals surface area contributed by atoms with Gasteiger partial charge in [-0.2, -0.15) is 0 Å². The molecule has 0 saturated carbocycles. The highest BCUT2D eigenvalue weighted by atomic mass is 32.1. The summed E-state index contributed by atoms with van der Waals surface area (Å²) in [6.45, 7) is 0.618. The molecule has 0 unspecified atom stereocenters. The lowest BCUT2D eigenvalue weighted by Crippen LogP contribution is -2.23. The van der Waals surface area contributed by atoms with E-state index in [1.807, 2.05) is 42.5 Å². The van der Waals surface area contributed by atoms with Gasteiger partial charge in [0.1, 0.15) is 17.0 Å². The molecular weight excluding hydrogens is 424 g/mol. The van der Waals surface area contributed by atoms with E-state index in [2.05, 4.69) is 20.6 Å². The number of hydrogen-bond donors (Lipinski definition) is 2. The summed E-state index contributed by atoms with van der Waals surface area (Å²) in [7, 11) is 0. The summed E-state index contributed by atoms with van der Waals surface area (Å²) in [5, 5.41) is 7.49. The number of carbonyl (C=O) groups excluding carboxylic acids is 1. The smallest absolute Gasteiger partial charge is 0.253 e. The van der Waals surface area contributed by atoms with E-state index in [9.17, 15) is 4.79 Å². The Morgan fingerprint density at radius 2 is 1.97 bits per heavy atom. The first kappa shape index (κ1) is 19.1. The summed E-state index contributed by atoms with van der Waals surface area (Å²) in [6, 6.07) is 13.2. The van der Waals surface area contributed by atoms with E-state index >= 15 is 0 Å². The number of nitrogens with zero attached hydrogens (tertiary/aromatic N) is 2. The number of rotatable bonds is 5. The highest BCUT2D eigenvalue weighted by molar-refractivity contribution is 7.19. The third-order valence-corrected chi connectivity index (χ3v) is 7.02. The quantitative estimate of drug-likeness (QED) is 0.469. The van der Waals surface area contributed by atoms with Crippen molar-refractivity contribution in [2.24, 2.45) is 0 Å². The minimum atomic E-state index is -0.161. The molecule has 2 aliphatic rings. The SMILES string of the molecule is O=C(NCc1ccc2c(c1)OCO2)c1ccccc1Nc1ncnc2sc3c(c12)CCC3. The topological polar surface area (TPSA) is 85.4 Å². The first-order valence-electron chi connectivity index (χ1n) is 10.5. The predicted octanol–water partition coefficient (Wildman–Crippen LogP) is 4.58. The molecule has 6 rings (SSSR count). The molecule has 7 nitrogen and oxygen atoms in total. The van der Waals surface area contributed by atoms with Gasteiger partial charge in [0.05, 0.1) is 16.6 Å². The molecule has 4 aromatic rings. The highest BCUT2D eigenvalue weighted by Crippen LogP contribution is 2.40. The Bertz CT molecular complexity index is 1350. The van der Waals surface area contributed by atoms with Crippen molar-refractivity contribution in [1.82, 2.24) is 15.3 Å². The van der Waals surface area contributed by atoms with E-state index in [1.54, 1.807) is 17.7 Å². The number of nitrogens with one attached hydrogen (secondary N) is 2. The fourth-order valence-electron chi connectivity index (χ4n) is 4.27. The third kappa shape index (κ3) is 3.33. The van der Waals surface area contributed by atoms with Gasteiger partial charge in [-0.05, 0) is 54.7 Å². The predicted molar refractivity (Wildman–Crippen MR) is 123 cm³/mol. The largest absolute Gasteiger partial charge is 0.454 e. The van der Waals surface area contributed by atoms with E-state index in [-0.39, 0.29) is 12.7 Å². The first-order valence-corrected chi connectivity index (χ1v) is 11.4. The zero-order valence-electron chi connectivity index (χ0n) is 17.2. The molecule has 0 fully saturated rings. The van der Waals surface area contributed by atoms with Gasteiger partial charge in [-0.15, -0.1) is 11.3 Å². The molecule has 8 heteroatoms. The molecule has 2 N–H and O–H groups in total. The lowest BCUT2D eigenvalue weighted by molar-refractivity contribution is 0.0951. The van der Waals surface area contributed by atoms with Crippen molar-refractivity contribution >= 4 is 39.0 Å². The van der Waals surface area contributed by atoms with Gasteiger partial charge in [0.25, 0.3) is 5.91 Å². The van der Waals surface area contributed by atoms with Gasteiger partial charge in [0.2, 0.25) is 6.79 Å². The number of aryl methyl sites for hydroxylation is 2. The number of hydrogen-bond acceptors (Lipinski definition) is 7. The van der Waals surface area contributed by atoms with Crippen LogP contribution in [0.2, 0.25) is 0 Å². The number of para-hydroxylation sites is 1. The maximum atomic E-state index is 13.0. The van der Waals surface area contributed by atoms with Crippen LogP contribution in [0.3, 0.4) is 0 Å². The zero-order chi connectivity index (χ0) is 21.5. The minimum Gasteiger partial charge on any atom is -0.454 e. The molecule has 0 bridgehead atoms. The van der Waals surface area contributed by atoms with Crippen molar-refractivity contribution in [3.05, 3.63) is 70.4 Å². The van der Waals surface area contributed by atoms with Crippen LogP contribution in [0.15, 0.2) is 48.8 Å². The van der Waals surface area contributed by atoms with Gasteiger partial charge in [0.15, 0.2) is 11.5 Å². The van der Waals surface area contributed by atoms with E-state index in [0.29, 0.717) is 23.5 Å². The van der Waals surface area contributed by atoms with Crippen LogP contribution in [0, 0.1) is 0 Å². The molecular formula is C24H20N4O3S. The van der Waals surface area contributed by atoms with Crippen molar-refractivity contribution < 1.29 is 14.3 Å². The first-order chi connectivity index (χ1) is 15.8. The van der Waals surface area contributed by atoms with E-state index < -0.39 is 0 Å². The molecule has 2 aromatic heterocycles. The molecule has 3 heterocycles. The van der Waals surface area contributed by atoms with Crippen LogP contribution in [0.5, 0.6) is 11.5 Å². The Balaban J connectivity index is 1.25. The van der Waals surface area contributed by atoms with Crippen LogP contribution in [0.4, 0.5) is 11.5 Å². The maximum Gasteiger partial charge on any atom is 0.253 e. The number of thiophene rings is 1. The summed E-state index contributed by atoms with van der Waals surface area (Å²) in [4.78, 5) is 24.4. The molecule has 160 valence electrons. The van der Waals surface area contributed by atoms with Gasteiger partial charge < -0.3 is 20.1 Å². The summed E-state index contributed by atoms with van der Waals surface area (Å²) >= 11 is 1.75. The van der Waals surface area contributed by atoms with E-state index in [4.69, 9.17) is 9.47 Å². The second-order valence-corrected chi connectivity index (χ2v) is 8.88. The van der Waals surface area contributed by atoms with Crippen LogP contribution in [-0.4, -0.2) is 22.7 Å². The Hall–Kier alpha value is -3.65. The number of aromatic nitrogens is 2. The fraction of sp³-hybridized carbons (Fsp3) is 0.208. The third-order valence-electron chi connectivity index (χ3n) is 5.82. The van der Waals surface area contributed by atoms with Gasteiger partial charge in [-0.25, -0.2) is 9.97 Å². The number of ether oxygens (including phenoxy) is 2. The van der Waals surface area contributed by atoms with Crippen molar-refractivity contribution in [2.45, 2.75) is 25.8 Å². The fourth-order valence-corrected chi connectivity index (χ4v) is 5.50. The number of carbonyl (C=O) groups is 1. The molecule has 0 saturated heterocycles. The lowest BCUT2D eigenvalue weighted by atomic mass is 10.1. The summed E-state index contributed by atoms with van der Waals surface area (Å²) in [5.41, 5.74) is 3.57. The van der Waals surface area contributed by atoms with Crippen LogP contribution >= 0.6 is 11.3 Å². The number of amides is 1. The van der Waals surface area contributed by atoms with Crippen molar-refractivity contribution in [3.8, 4) is 11.5 Å². The van der Waals surface area contributed by atoms with Crippen LogP contribution in [-0.2, 0) is 19.4 Å². The summed E-state index contributed by atoms with van der Waals surface area (Å²) in [6.07, 6.45) is 4.91. The Morgan fingerprint density at radius 1 is 1.06 bits per heavy atom. The molecule has 0 spiro atoms. The summed E-state index contributed by atoms with van der Waals surface area (Å²) < 4.78 is 10.8. The van der Waals surface area contributed by atoms with Crippen LogP contribution in [0.25, 0.3) is 10.2 Å². The molecule has 1 aliphatic carbocycles. The maximum absolute atomic E-state index is 13.0. The van der Waals surface area contributed by atoms with E-state index in [1.165, 1.54) is 16.9 Å². The molecule has 32 heavy (non-hydrogen) atoms. The van der Waals surface area contributed by atoms with Crippen LogP contribution < -0.4 is 20.1 Å². The second kappa shape index (κ2) is 7.80. The number of fused-ring (bicyclic) bond motifs is 4. The standard InChI is InChI=1S/C24H20N4O3S/c29-23(25-11-14-8-9-18-19(10-14)31-13-30-18)15-4-1-2-6-17(15)28-22-21-16-5-3-7-20(16)32-24(21)27-12-26-22/h1-2,4,6,8-10,12H,3,5,7,11,13H2,(H,25,29)(H,26,27,28). The van der Waals surface area contributed by atoms with Gasteiger partial charge in [-0.1, -0.05) is 18.2 Å². The summed E-state index contributed by atoms with van der Waals surface area (Å²) in [5.74, 6) is 2.03. The molecule has 0 atom stereocenters. The van der Waals surface area contributed by atoms with Crippen LogP contribution in [0.1, 0.15) is 32.8 Å². The normalized spacial score (nSPS) is 13.9. The Labute approximate surface area is 188 Å². The van der Waals surface area contributed by atoms with Gasteiger partial charge >= 0.3 is 0 Å². The number of anilines is 2. The average molecular weight is 445 g/mol. The lowest BCUT2D eigenvalue weighted by Gasteiger charge is -2.13. The zero-order valence-corrected chi connectivity index (χ0v) is 18.0. The highest BCUT2D eigenvalue weighted by Gasteiger charge is 2.22. The minimum absolute atomic E-state index is 0.161. The molecule has 1 aliphatic heterocycles.